The van der Waals surface area contributed by atoms with Gasteiger partial charge in [0, 0.05) is 30.4 Å². The van der Waals surface area contributed by atoms with Gasteiger partial charge in [-0.15, -0.1) is 11.3 Å². The van der Waals surface area contributed by atoms with E-state index in [9.17, 15) is 17.6 Å². The molecule has 1 aromatic heterocycles. The van der Waals surface area contributed by atoms with Gasteiger partial charge in [0.25, 0.3) is 0 Å². The van der Waals surface area contributed by atoms with Crippen LogP contribution < -0.4 is 0 Å². The third kappa shape index (κ3) is 4.56. The van der Waals surface area contributed by atoms with E-state index in [-0.39, 0.29) is 34.8 Å². The number of hydrogen-bond donors (Lipinski definition) is 0. The number of nitrogens with zero attached hydrogens (tertiary/aromatic N) is 2. The van der Waals surface area contributed by atoms with Gasteiger partial charge in [0.05, 0.1) is 16.5 Å². The van der Waals surface area contributed by atoms with Crippen LogP contribution in [0.1, 0.15) is 24.6 Å². The molecule has 28 heavy (non-hydrogen) atoms. The largest absolute Gasteiger partial charge is 0.338 e. The highest BCUT2D eigenvalue weighted by Gasteiger charge is 2.33. The molecule has 5 nitrogen and oxygen atoms in total. The molecule has 3 rings (SSSR count). The number of rotatable bonds is 6. The lowest BCUT2D eigenvalue weighted by Crippen LogP contribution is -2.44. The van der Waals surface area contributed by atoms with Crippen LogP contribution in [0.25, 0.3) is 0 Å². The van der Waals surface area contributed by atoms with Crippen molar-refractivity contribution >= 4 is 38.9 Å². The maximum Gasteiger partial charge on any atom is 0.243 e. The van der Waals surface area contributed by atoms with Crippen LogP contribution in [-0.2, 0) is 21.4 Å². The molecule has 1 amide bonds. The third-order valence-electron chi connectivity index (χ3n) is 4.95. The average molecular weight is 445 g/mol. The van der Waals surface area contributed by atoms with Gasteiger partial charge in [-0.3, -0.25) is 4.79 Å². The lowest BCUT2D eigenvalue weighted by atomic mass is 9.96. The summed E-state index contributed by atoms with van der Waals surface area (Å²) in [7, 11) is -3.76. The van der Waals surface area contributed by atoms with E-state index in [1.807, 2.05) is 29.3 Å². The summed E-state index contributed by atoms with van der Waals surface area (Å²) in [6.07, 6.45) is 0.932. The van der Waals surface area contributed by atoms with Gasteiger partial charge >= 0.3 is 0 Å². The minimum Gasteiger partial charge on any atom is -0.338 e. The summed E-state index contributed by atoms with van der Waals surface area (Å²) in [4.78, 5) is 15.8. The molecular formula is C19H22ClFN2O3S2. The SMILES string of the molecule is CCN(Cc1cccs1)C(=O)C1CCN(S(=O)(=O)c2ccc(F)c(Cl)c2)CC1. The fourth-order valence-electron chi connectivity index (χ4n) is 3.32. The second-order valence-electron chi connectivity index (χ2n) is 6.69. The number of thiophene rings is 1. The molecule has 1 aromatic carbocycles. The maximum absolute atomic E-state index is 13.3. The summed E-state index contributed by atoms with van der Waals surface area (Å²) < 4.78 is 40.2. The monoisotopic (exact) mass is 444 g/mol. The van der Waals surface area contributed by atoms with Gasteiger partial charge in [-0.25, -0.2) is 12.8 Å². The predicted molar refractivity (Wildman–Crippen MR) is 108 cm³/mol. The molecule has 0 unspecified atom stereocenters. The minimum atomic E-state index is -3.76. The molecule has 0 N–H and O–H groups in total. The molecular weight excluding hydrogens is 423 g/mol. The molecule has 0 spiro atoms. The Morgan fingerprint density at radius 1 is 1.32 bits per heavy atom. The number of sulfonamides is 1. The van der Waals surface area contributed by atoms with Crippen molar-refractivity contribution in [3.63, 3.8) is 0 Å². The summed E-state index contributed by atoms with van der Waals surface area (Å²) in [6, 6.07) is 7.36. The highest BCUT2D eigenvalue weighted by molar-refractivity contribution is 7.89. The van der Waals surface area contributed by atoms with Crippen LogP contribution in [0.4, 0.5) is 4.39 Å². The molecule has 0 radical (unpaired) electrons. The van der Waals surface area contributed by atoms with E-state index in [0.29, 0.717) is 25.9 Å². The van der Waals surface area contributed by atoms with E-state index in [1.54, 1.807) is 11.3 Å². The molecule has 1 fully saturated rings. The van der Waals surface area contributed by atoms with Gasteiger partial charge in [-0.2, -0.15) is 4.31 Å². The lowest BCUT2D eigenvalue weighted by molar-refractivity contribution is -0.137. The van der Waals surface area contributed by atoms with E-state index in [1.165, 1.54) is 10.4 Å². The molecule has 0 bridgehead atoms. The van der Waals surface area contributed by atoms with Gasteiger partial charge in [0.2, 0.25) is 15.9 Å². The van der Waals surface area contributed by atoms with Crippen molar-refractivity contribution in [2.24, 2.45) is 5.92 Å². The van der Waals surface area contributed by atoms with Crippen molar-refractivity contribution in [2.45, 2.75) is 31.2 Å². The molecule has 1 aliphatic heterocycles. The summed E-state index contributed by atoms with van der Waals surface area (Å²) in [5.74, 6) is -0.781. The third-order valence-corrected chi connectivity index (χ3v) is 8.00. The summed E-state index contributed by atoms with van der Waals surface area (Å²) in [5, 5.41) is 1.76. The fraction of sp³-hybridized carbons (Fsp3) is 0.421. The fourth-order valence-corrected chi connectivity index (χ4v) is 5.79. The Morgan fingerprint density at radius 2 is 2.04 bits per heavy atom. The molecule has 2 aromatic rings. The Hall–Kier alpha value is -1.48. The first-order valence-corrected chi connectivity index (χ1v) is 11.8. The van der Waals surface area contributed by atoms with Crippen LogP contribution in [0, 0.1) is 11.7 Å². The molecule has 9 heteroatoms. The topological polar surface area (TPSA) is 57.7 Å². The van der Waals surface area contributed by atoms with Gasteiger partial charge in [-0.1, -0.05) is 17.7 Å². The molecule has 152 valence electrons. The molecule has 0 saturated carbocycles. The number of benzene rings is 1. The van der Waals surface area contributed by atoms with Crippen molar-refractivity contribution in [1.82, 2.24) is 9.21 Å². The van der Waals surface area contributed by atoms with Gasteiger partial charge < -0.3 is 4.90 Å². The van der Waals surface area contributed by atoms with Gasteiger partial charge in [-0.05, 0) is 49.4 Å². The number of carbonyl (C=O) groups is 1. The Bertz CT molecular complexity index is 927. The zero-order valence-corrected chi connectivity index (χ0v) is 17.9. The van der Waals surface area contributed by atoms with Crippen LogP contribution in [0.5, 0.6) is 0 Å². The minimum absolute atomic E-state index is 0.0310. The quantitative estimate of drug-likeness (QED) is 0.676. The zero-order chi connectivity index (χ0) is 20.3. The number of hydrogen-bond acceptors (Lipinski definition) is 4. The number of carbonyl (C=O) groups excluding carboxylic acids is 1. The first-order chi connectivity index (χ1) is 13.3. The number of halogens is 2. The normalized spacial score (nSPS) is 16.2. The molecule has 1 saturated heterocycles. The average Bonchev–Trinajstić information content (AvgIpc) is 3.21. The smallest absolute Gasteiger partial charge is 0.243 e. The molecule has 1 aliphatic rings. The van der Waals surface area contributed by atoms with E-state index in [2.05, 4.69) is 0 Å². The Morgan fingerprint density at radius 3 is 2.61 bits per heavy atom. The second-order valence-corrected chi connectivity index (χ2v) is 10.1. The van der Waals surface area contributed by atoms with Crippen molar-refractivity contribution in [3.05, 3.63) is 51.4 Å². The highest BCUT2D eigenvalue weighted by atomic mass is 35.5. The molecule has 2 heterocycles. The first kappa shape index (κ1) is 21.2. The van der Waals surface area contributed by atoms with Crippen LogP contribution in [0.3, 0.4) is 0 Å². The van der Waals surface area contributed by atoms with Crippen LogP contribution in [-0.4, -0.2) is 43.2 Å². The lowest BCUT2D eigenvalue weighted by Gasteiger charge is -2.33. The van der Waals surface area contributed by atoms with Gasteiger partial charge in [0.1, 0.15) is 5.82 Å². The molecule has 0 atom stereocenters. The Kier molecular flexibility index (Phi) is 6.75. The van der Waals surface area contributed by atoms with Crippen LogP contribution in [0.15, 0.2) is 40.6 Å². The first-order valence-electron chi connectivity index (χ1n) is 9.09. The van der Waals surface area contributed by atoms with Crippen molar-refractivity contribution in [2.75, 3.05) is 19.6 Å². The standard InChI is InChI=1S/C19H22ClFN2O3S2/c1-2-22(13-15-4-3-11-27-15)19(24)14-7-9-23(10-8-14)28(25,26)16-5-6-18(21)17(20)12-16/h3-6,11-12,14H,2,7-10,13H2,1H3. The van der Waals surface area contributed by atoms with Crippen molar-refractivity contribution in [1.29, 1.82) is 0 Å². The van der Waals surface area contributed by atoms with Gasteiger partial charge in [0.15, 0.2) is 0 Å². The van der Waals surface area contributed by atoms with E-state index in [0.717, 1.165) is 17.0 Å². The second kappa shape index (κ2) is 8.90. The number of amides is 1. The van der Waals surface area contributed by atoms with E-state index in [4.69, 9.17) is 11.6 Å². The highest BCUT2D eigenvalue weighted by Crippen LogP contribution is 2.27. The zero-order valence-electron chi connectivity index (χ0n) is 15.5. The van der Waals surface area contributed by atoms with E-state index >= 15 is 0 Å². The van der Waals surface area contributed by atoms with Crippen molar-refractivity contribution < 1.29 is 17.6 Å². The van der Waals surface area contributed by atoms with E-state index < -0.39 is 15.8 Å². The van der Waals surface area contributed by atoms with Crippen LogP contribution >= 0.6 is 22.9 Å². The summed E-state index contributed by atoms with van der Waals surface area (Å²) in [5.41, 5.74) is 0. The predicted octanol–water partition coefficient (Wildman–Crippen LogP) is 3.99. The Labute approximate surface area is 173 Å². The van der Waals surface area contributed by atoms with Crippen molar-refractivity contribution in [3.8, 4) is 0 Å². The van der Waals surface area contributed by atoms with Crippen LogP contribution in [0.2, 0.25) is 5.02 Å². The summed E-state index contributed by atoms with van der Waals surface area (Å²) >= 11 is 7.34. The molecule has 0 aliphatic carbocycles. The summed E-state index contributed by atoms with van der Waals surface area (Å²) in [6.45, 7) is 3.65. The maximum atomic E-state index is 13.3. The number of piperidine rings is 1. The Balaban J connectivity index is 1.64.